The van der Waals surface area contributed by atoms with E-state index in [1.807, 2.05) is 16.8 Å². The molecule has 6 heteroatoms. The molecule has 6 nitrogen and oxygen atoms in total. The minimum atomic E-state index is -1.06. The number of β-amino-alcohol motifs (C(OH)–C–C–N with tert-alkyl or cyclic N) is 1. The maximum absolute atomic E-state index is 12.6. The quantitative estimate of drug-likeness (QED) is 0.859. The Bertz CT molecular complexity index is 535. The molecule has 1 aromatic heterocycles. The highest BCUT2D eigenvalue weighted by Crippen LogP contribution is 2.33. The summed E-state index contributed by atoms with van der Waals surface area (Å²) < 4.78 is 1.94. The number of hydrogen-bond acceptors (Lipinski definition) is 3. The van der Waals surface area contributed by atoms with Crippen LogP contribution in [-0.4, -0.2) is 50.2 Å². The molecule has 3 rings (SSSR count). The monoisotopic (exact) mass is 278 g/mol. The van der Waals surface area contributed by atoms with Crippen molar-refractivity contribution >= 4 is 11.9 Å². The Hall–Kier alpha value is -1.82. The van der Waals surface area contributed by atoms with Crippen LogP contribution in [0.25, 0.3) is 0 Å². The van der Waals surface area contributed by atoms with Crippen molar-refractivity contribution in [2.24, 2.45) is 0 Å². The first-order chi connectivity index (χ1) is 9.58. The maximum Gasteiger partial charge on any atom is 0.326 e. The summed E-state index contributed by atoms with van der Waals surface area (Å²) in [6.07, 6.45) is 4.49. The van der Waals surface area contributed by atoms with Crippen LogP contribution in [0.2, 0.25) is 0 Å². The molecule has 0 bridgehead atoms. The highest BCUT2D eigenvalue weighted by Gasteiger charge is 2.40. The van der Waals surface area contributed by atoms with Gasteiger partial charge in [0, 0.05) is 25.2 Å². The van der Waals surface area contributed by atoms with Gasteiger partial charge in [-0.3, -0.25) is 4.79 Å². The lowest BCUT2D eigenvalue weighted by atomic mass is 9.93. The summed E-state index contributed by atoms with van der Waals surface area (Å²) in [6.45, 7) is 0.0889. The van der Waals surface area contributed by atoms with Gasteiger partial charge >= 0.3 is 5.97 Å². The molecule has 1 aliphatic carbocycles. The topological polar surface area (TPSA) is 82.8 Å². The fourth-order valence-corrected chi connectivity index (χ4v) is 2.98. The highest BCUT2D eigenvalue weighted by atomic mass is 16.4. The molecule has 1 aromatic rings. The van der Waals surface area contributed by atoms with E-state index in [-0.39, 0.29) is 18.9 Å². The number of carboxylic acid groups (broad SMARTS) is 1. The number of amides is 1. The Morgan fingerprint density at radius 1 is 1.30 bits per heavy atom. The maximum atomic E-state index is 12.6. The van der Waals surface area contributed by atoms with Crippen LogP contribution in [0.1, 0.15) is 42.2 Å². The molecule has 0 radical (unpaired) electrons. The van der Waals surface area contributed by atoms with Crippen molar-refractivity contribution in [1.29, 1.82) is 0 Å². The molecule has 0 unspecified atom stereocenters. The second kappa shape index (κ2) is 4.94. The molecule has 2 aliphatic rings. The number of likely N-dealkylation sites (tertiary alicyclic amines) is 1. The van der Waals surface area contributed by atoms with Gasteiger partial charge in [0.05, 0.1) is 6.10 Å². The Morgan fingerprint density at radius 2 is 2.05 bits per heavy atom. The highest BCUT2D eigenvalue weighted by molar-refractivity contribution is 5.96. The molecule has 2 fully saturated rings. The van der Waals surface area contributed by atoms with E-state index in [0.717, 1.165) is 19.3 Å². The van der Waals surface area contributed by atoms with Crippen LogP contribution in [0.3, 0.4) is 0 Å². The summed E-state index contributed by atoms with van der Waals surface area (Å²) in [5.41, 5.74) is 0.523. The Balaban J connectivity index is 1.85. The van der Waals surface area contributed by atoms with Crippen LogP contribution >= 0.6 is 0 Å². The Labute approximate surface area is 116 Å². The number of carboxylic acids is 1. The number of carbonyl (C=O) groups is 2. The second-order valence-corrected chi connectivity index (χ2v) is 5.59. The zero-order valence-electron chi connectivity index (χ0n) is 11.1. The van der Waals surface area contributed by atoms with Gasteiger partial charge in [-0.05, 0) is 31.4 Å². The fraction of sp³-hybridized carbons (Fsp3) is 0.571. The average molecular weight is 278 g/mol. The number of hydrogen-bond donors (Lipinski definition) is 2. The minimum absolute atomic E-state index is 0.0889. The molecule has 0 spiro atoms. The van der Waals surface area contributed by atoms with E-state index in [2.05, 4.69) is 0 Å². The van der Waals surface area contributed by atoms with E-state index >= 15 is 0 Å². The van der Waals surface area contributed by atoms with Crippen molar-refractivity contribution in [1.82, 2.24) is 9.47 Å². The van der Waals surface area contributed by atoms with Crippen LogP contribution in [0.5, 0.6) is 0 Å². The summed E-state index contributed by atoms with van der Waals surface area (Å²) in [4.78, 5) is 25.0. The van der Waals surface area contributed by atoms with Gasteiger partial charge in [0.1, 0.15) is 11.7 Å². The van der Waals surface area contributed by atoms with Crippen LogP contribution in [-0.2, 0) is 4.79 Å². The number of aliphatic carboxylic acids is 1. The third-order valence-corrected chi connectivity index (χ3v) is 4.29. The average Bonchev–Trinajstić information content (AvgIpc) is 2.93. The summed E-state index contributed by atoms with van der Waals surface area (Å²) >= 11 is 0. The van der Waals surface area contributed by atoms with Gasteiger partial charge in [-0.25, -0.2) is 4.79 Å². The molecule has 1 saturated carbocycles. The number of carbonyl (C=O) groups excluding carboxylic acids is 1. The van der Waals surface area contributed by atoms with Crippen molar-refractivity contribution in [3.05, 3.63) is 24.0 Å². The number of aliphatic hydroxyl groups is 1. The zero-order chi connectivity index (χ0) is 14.3. The number of nitrogens with zero attached hydrogens (tertiary/aromatic N) is 2. The van der Waals surface area contributed by atoms with Crippen molar-refractivity contribution in [2.75, 3.05) is 6.54 Å². The summed E-state index contributed by atoms with van der Waals surface area (Å²) in [6, 6.07) is 2.96. The van der Waals surface area contributed by atoms with Gasteiger partial charge in [0.15, 0.2) is 0 Å². The van der Waals surface area contributed by atoms with Crippen molar-refractivity contribution in [3.63, 3.8) is 0 Å². The number of rotatable bonds is 3. The molecule has 2 heterocycles. The van der Waals surface area contributed by atoms with E-state index in [0.29, 0.717) is 11.7 Å². The normalized spacial score (nSPS) is 26.6. The molecule has 1 saturated heterocycles. The summed E-state index contributed by atoms with van der Waals surface area (Å²) in [5.74, 6) is -1.36. The van der Waals surface area contributed by atoms with E-state index in [1.54, 1.807) is 6.07 Å². The zero-order valence-corrected chi connectivity index (χ0v) is 11.1. The van der Waals surface area contributed by atoms with E-state index in [4.69, 9.17) is 0 Å². The molecular weight excluding hydrogens is 260 g/mol. The number of aromatic nitrogens is 1. The van der Waals surface area contributed by atoms with Crippen LogP contribution in [0.15, 0.2) is 18.3 Å². The molecule has 1 amide bonds. The van der Waals surface area contributed by atoms with E-state index < -0.39 is 18.1 Å². The standard InChI is InChI=1S/C14H18N2O4/c17-10-7-12(14(19)20)16(8-10)13(18)11-5-2-6-15(11)9-3-1-4-9/h2,5-6,9-10,12,17H,1,3-4,7-8H2,(H,19,20)/t10-,12-/m0/s1. The largest absolute Gasteiger partial charge is 0.480 e. The lowest BCUT2D eigenvalue weighted by Crippen LogP contribution is -2.41. The van der Waals surface area contributed by atoms with Crippen LogP contribution < -0.4 is 0 Å². The molecular formula is C14H18N2O4. The molecule has 108 valence electrons. The minimum Gasteiger partial charge on any atom is -0.480 e. The predicted molar refractivity (Wildman–Crippen MR) is 70.4 cm³/mol. The van der Waals surface area contributed by atoms with Crippen molar-refractivity contribution < 1.29 is 19.8 Å². The van der Waals surface area contributed by atoms with Crippen molar-refractivity contribution in [3.8, 4) is 0 Å². The SMILES string of the molecule is O=C(O)[C@@H]1C[C@H](O)CN1C(=O)c1cccn1C1CCC1. The van der Waals surface area contributed by atoms with Gasteiger partial charge in [-0.1, -0.05) is 0 Å². The lowest BCUT2D eigenvalue weighted by Gasteiger charge is -2.30. The van der Waals surface area contributed by atoms with Gasteiger partial charge in [0.25, 0.3) is 5.91 Å². The first-order valence-corrected chi connectivity index (χ1v) is 6.96. The van der Waals surface area contributed by atoms with Crippen LogP contribution in [0, 0.1) is 0 Å². The first-order valence-electron chi connectivity index (χ1n) is 6.96. The third kappa shape index (κ3) is 2.10. The molecule has 2 N–H and O–H groups in total. The Kier molecular flexibility index (Phi) is 3.25. The van der Waals surface area contributed by atoms with Crippen molar-refractivity contribution in [2.45, 2.75) is 43.9 Å². The lowest BCUT2D eigenvalue weighted by molar-refractivity contribution is -0.141. The third-order valence-electron chi connectivity index (χ3n) is 4.29. The van der Waals surface area contributed by atoms with Gasteiger partial charge < -0.3 is 19.7 Å². The molecule has 0 aromatic carbocycles. The second-order valence-electron chi connectivity index (χ2n) is 5.59. The molecule has 2 atom stereocenters. The molecule has 1 aliphatic heterocycles. The van der Waals surface area contributed by atoms with E-state index in [1.165, 1.54) is 4.90 Å². The van der Waals surface area contributed by atoms with Gasteiger partial charge in [0.2, 0.25) is 0 Å². The summed E-state index contributed by atoms with van der Waals surface area (Å²) in [7, 11) is 0. The summed E-state index contributed by atoms with van der Waals surface area (Å²) in [5, 5.41) is 18.8. The van der Waals surface area contributed by atoms with E-state index in [9.17, 15) is 19.8 Å². The first kappa shape index (κ1) is 13.2. The van der Waals surface area contributed by atoms with Gasteiger partial charge in [-0.2, -0.15) is 0 Å². The Morgan fingerprint density at radius 3 is 2.65 bits per heavy atom. The predicted octanol–water partition coefficient (Wildman–Crippen LogP) is 0.873. The molecule has 20 heavy (non-hydrogen) atoms. The number of aliphatic hydroxyl groups excluding tert-OH is 1. The van der Waals surface area contributed by atoms with Gasteiger partial charge in [-0.15, -0.1) is 0 Å². The smallest absolute Gasteiger partial charge is 0.326 e. The van der Waals surface area contributed by atoms with Crippen LogP contribution in [0.4, 0.5) is 0 Å². The fourth-order valence-electron chi connectivity index (χ4n) is 2.98.